The first-order valence-electron chi connectivity index (χ1n) is 9.76. The van der Waals surface area contributed by atoms with Crippen LogP contribution in [-0.2, 0) is 9.53 Å². The van der Waals surface area contributed by atoms with Gasteiger partial charge in [-0.15, -0.1) is 5.10 Å². The van der Waals surface area contributed by atoms with E-state index in [1.54, 1.807) is 9.58 Å². The van der Waals surface area contributed by atoms with Crippen molar-refractivity contribution in [3.05, 3.63) is 30.1 Å². The van der Waals surface area contributed by atoms with Gasteiger partial charge in [0, 0.05) is 19.0 Å². The topological polar surface area (TPSA) is 98.6 Å². The molecule has 0 aliphatic carbocycles. The third-order valence-corrected chi connectivity index (χ3v) is 4.94. The van der Waals surface area contributed by atoms with Gasteiger partial charge in [0.1, 0.15) is 11.4 Å². The maximum Gasteiger partial charge on any atom is 0.410 e. The summed E-state index contributed by atoms with van der Waals surface area (Å²) >= 11 is 0. The zero-order valence-corrected chi connectivity index (χ0v) is 16.8. The molecular formula is C20H25N5O4. The predicted octanol–water partition coefficient (Wildman–Crippen LogP) is 2.71. The van der Waals surface area contributed by atoms with Crippen LogP contribution in [0.25, 0.3) is 5.69 Å². The van der Waals surface area contributed by atoms with Gasteiger partial charge in [0.2, 0.25) is 0 Å². The molecule has 9 heteroatoms. The molecule has 29 heavy (non-hydrogen) atoms. The monoisotopic (exact) mass is 399 g/mol. The molecule has 0 bridgehead atoms. The van der Waals surface area contributed by atoms with Gasteiger partial charge in [0.05, 0.1) is 23.3 Å². The first kappa shape index (κ1) is 19.2. The number of hydrogen-bond donors (Lipinski definition) is 1. The molecule has 0 radical (unpaired) electrons. The van der Waals surface area contributed by atoms with Crippen molar-refractivity contribution in [3.63, 3.8) is 0 Å². The van der Waals surface area contributed by atoms with Crippen molar-refractivity contribution in [2.75, 3.05) is 25.0 Å². The van der Waals surface area contributed by atoms with E-state index in [2.05, 4.69) is 15.6 Å². The Morgan fingerprint density at radius 3 is 2.76 bits per heavy atom. The number of anilines is 1. The van der Waals surface area contributed by atoms with Crippen LogP contribution in [-0.4, -0.2) is 57.2 Å². The average Bonchev–Trinajstić information content (AvgIpc) is 3.16. The molecule has 1 N–H and O–H groups in total. The number of fused-ring (bicyclic) bond motifs is 1. The van der Waals surface area contributed by atoms with Crippen LogP contribution in [0, 0.1) is 0 Å². The molecule has 0 unspecified atom stereocenters. The molecule has 2 aliphatic rings. The Morgan fingerprint density at radius 2 is 2.03 bits per heavy atom. The summed E-state index contributed by atoms with van der Waals surface area (Å²) < 4.78 is 12.5. The van der Waals surface area contributed by atoms with Crippen LogP contribution in [0.3, 0.4) is 0 Å². The predicted molar refractivity (Wildman–Crippen MR) is 105 cm³/mol. The fourth-order valence-electron chi connectivity index (χ4n) is 3.49. The van der Waals surface area contributed by atoms with Gasteiger partial charge >= 0.3 is 6.09 Å². The highest BCUT2D eigenvalue weighted by molar-refractivity contribution is 5.95. The first-order valence-corrected chi connectivity index (χ1v) is 9.76. The van der Waals surface area contributed by atoms with E-state index in [-0.39, 0.29) is 24.5 Å². The quantitative estimate of drug-likeness (QED) is 0.834. The lowest BCUT2D eigenvalue weighted by atomic mass is 9.94. The number of nitrogens with one attached hydrogen (secondary N) is 1. The van der Waals surface area contributed by atoms with Crippen LogP contribution in [0.15, 0.2) is 24.4 Å². The Balaban J connectivity index is 1.41. The largest absolute Gasteiger partial charge is 0.482 e. The average molecular weight is 399 g/mol. The molecule has 1 fully saturated rings. The third kappa shape index (κ3) is 4.33. The first-order chi connectivity index (χ1) is 13.8. The normalized spacial score (nSPS) is 17.3. The van der Waals surface area contributed by atoms with Gasteiger partial charge in [-0.05, 0) is 51.8 Å². The van der Waals surface area contributed by atoms with Gasteiger partial charge in [-0.25, -0.2) is 9.48 Å². The van der Waals surface area contributed by atoms with Crippen LogP contribution < -0.4 is 10.1 Å². The highest BCUT2D eigenvalue weighted by atomic mass is 16.6. The van der Waals surface area contributed by atoms with Gasteiger partial charge in [-0.3, -0.25) is 4.79 Å². The number of rotatable bonds is 2. The number of likely N-dealkylation sites (tertiary alicyclic amines) is 1. The number of nitrogens with zero attached hydrogens (tertiary/aromatic N) is 4. The smallest absolute Gasteiger partial charge is 0.410 e. The SMILES string of the molecule is CC(C)(C)OC(=O)N1CCC(c2cn(-c3ccc4c(c3)NC(=O)CO4)nn2)CC1. The van der Waals surface area contributed by atoms with Crippen molar-refractivity contribution < 1.29 is 19.1 Å². The zero-order chi connectivity index (χ0) is 20.6. The number of amides is 2. The van der Waals surface area contributed by atoms with E-state index < -0.39 is 5.60 Å². The second-order valence-electron chi connectivity index (χ2n) is 8.35. The number of carbonyl (C=O) groups is 2. The fraction of sp³-hybridized carbons (Fsp3) is 0.500. The standard InChI is InChI=1S/C20H25N5O4/c1-20(2,3)29-19(27)24-8-6-13(7-9-24)16-11-25(23-22-16)14-4-5-17-15(10-14)21-18(26)12-28-17/h4-5,10-11,13H,6-9,12H2,1-3H3,(H,21,26). The summed E-state index contributed by atoms with van der Waals surface area (Å²) in [5, 5.41) is 11.4. The number of benzene rings is 1. The number of carbonyl (C=O) groups excluding carboxylic acids is 2. The Kier molecular flexibility index (Phi) is 4.89. The molecule has 0 atom stereocenters. The fourth-order valence-corrected chi connectivity index (χ4v) is 3.49. The van der Waals surface area contributed by atoms with E-state index in [1.807, 2.05) is 45.2 Å². The molecule has 2 amide bonds. The van der Waals surface area contributed by atoms with Crippen LogP contribution in [0.5, 0.6) is 5.75 Å². The summed E-state index contributed by atoms with van der Waals surface area (Å²) in [6.45, 7) is 6.90. The molecule has 0 spiro atoms. The molecule has 1 aromatic heterocycles. The Morgan fingerprint density at radius 1 is 1.28 bits per heavy atom. The molecule has 1 saturated heterocycles. The number of ether oxygens (including phenoxy) is 2. The summed E-state index contributed by atoms with van der Waals surface area (Å²) in [6, 6.07) is 5.50. The molecular weight excluding hydrogens is 374 g/mol. The van der Waals surface area contributed by atoms with Crippen molar-refractivity contribution >= 4 is 17.7 Å². The Labute approximate surface area is 169 Å². The maximum atomic E-state index is 12.2. The van der Waals surface area contributed by atoms with E-state index in [0.29, 0.717) is 24.5 Å². The lowest BCUT2D eigenvalue weighted by molar-refractivity contribution is -0.118. The van der Waals surface area contributed by atoms with E-state index in [1.165, 1.54) is 0 Å². The summed E-state index contributed by atoms with van der Waals surface area (Å²) in [5.74, 6) is 0.706. The van der Waals surface area contributed by atoms with Crippen molar-refractivity contribution in [2.24, 2.45) is 0 Å². The lowest BCUT2D eigenvalue weighted by Crippen LogP contribution is -2.41. The highest BCUT2D eigenvalue weighted by Gasteiger charge is 2.28. The highest BCUT2D eigenvalue weighted by Crippen LogP contribution is 2.31. The van der Waals surface area contributed by atoms with E-state index in [9.17, 15) is 9.59 Å². The minimum absolute atomic E-state index is 0.0296. The molecule has 0 saturated carbocycles. The third-order valence-electron chi connectivity index (χ3n) is 4.94. The second kappa shape index (κ2) is 7.38. The summed E-state index contributed by atoms with van der Waals surface area (Å²) in [4.78, 5) is 25.5. The van der Waals surface area contributed by atoms with Crippen molar-refractivity contribution in [1.82, 2.24) is 19.9 Å². The molecule has 4 rings (SSSR count). The summed E-state index contributed by atoms with van der Waals surface area (Å²) in [7, 11) is 0. The van der Waals surface area contributed by atoms with E-state index >= 15 is 0 Å². The Hall–Kier alpha value is -3.10. The number of hydrogen-bond acceptors (Lipinski definition) is 6. The second-order valence-corrected chi connectivity index (χ2v) is 8.35. The van der Waals surface area contributed by atoms with Gasteiger partial charge in [0.15, 0.2) is 6.61 Å². The molecule has 3 heterocycles. The molecule has 154 valence electrons. The minimum atomic E-state index is -0.490. The van der Waals surface area contributed by atoms with Gasteiger partial charge in [0.25, 0.3) is 5.91 Å². The van der Waals surface area contributed by atoms with Crippen LogP contribution in [0.1, 0.15) is 45.2 Å². The number of piperidine rings is 1. The molecule has 2 aromatic rings. The minimum Gasteiger partial charge on any atom is -0.482 e. The molecule has 2 aliphatic heterocycles. The van der Waals surface area contributed by atoms with Crippen LogP contribution in [0.2, 0.25) is 0 Å². The van der Waals surface area contributed by atoms with Crippen LogP contribution in [0.4, 0.5) is 10.5 Å². The number of aromatic nitrogens is 3. The van der Waals surface area contributed by atoms with Crippen molar-refractivity contribution in [1.29, 1.82) is 0 Å². The zero-order valence-electron chi connectivity index (χ0n) is 16.8. The summed E-state index contributed by atoms with van der Waals surface area (Å²) in [5.41, 5.74) is 1.82. The van der Waals surface area contributed by atoms with Crippen LogP contribution >= 0.6 is 0 Å². The Bertz CT molecular complexity index is 925. The molecule has 9 nitrogen and oxygen atoms in total. The van der Waals surface area contributed by atoms with E-state index in [0.717, 1.165) is 24.2 Å². The van der Waals surface area contributed by atoms with Gasteiger partial charge in [-0.2, -0.15) is 0 Å². The van der Waals surface area contributed by atoms with Crippen molar-refractivity contribution in [3.8, 4) is 11.4 Å². The van der Waals surface area contributed by atoms with Gasteiger partial charge in [-0.1, -0.05) is 5.21 Å². The summed E-state index contributed by atoms with van der Waals surface area (Å²) in [6.07, 6.45) is 3.26. The van der Waals surface area contributed by atoms with E-state index in [4.69, 9.17) is 9.47 Å². The lowest BCUT2D eigenvalue weighted by Gasteiger charge is -2.32. The maximum absolute atomic E-state index is 12.2. The van der Waals surface area contributed by atoms with Gasteiger partial charge < -0.3 is 19.7 Å². The van der Waals surface area contributed by atoms with Crippen molar-refractivity contribution in [2.45, 2.75) is 45.1 Å². The molecule has 1 aromatic carbocycles.